The van der Waals surface area contributed by atoms with Gasteiger partial charge in [0.1, 0.15) is 6.61 Å². The highest BCUT2D eigenvalue weighted by atomic mass is 16.6. The Morgan fingerprint density at radius 2 is 1.79 bits per heavy atom. The lowest BCUT2D eigenvalue weighted by molar-refractivity contribution is -0.385. The topological polar surface area (TPSA) is 128 Å². The number of carbonyl (C=O) groups excluding carboxylic acids is 2. The number of nitrogens with one attached hydrogen (secondary N) is 1. The molecule has 2 N–H and O–H groups in total. The van der Waals surface area contributed by atoms with Crippen LogP contribution >= 0.6 is 0 Å². The third kappa shape index (κ3) is 4.20. The summed E-state index contributed by atoms with van der Waals surface area (Å²) < 4.78 is 9.98. The predicted molar refractivity (Wildman–Crippen MR) is 99.0 cm³/mol. The number of benzene rings is 1. The largest absolute Gasteiger partial charge is 0.466 e. The molecule has 0 saturated carbocycles. The van der Waals surface area contributed by atoms with E-state index >= 15 is 0 Å². The second-order valence-electron chi connectivity index (χ2n) is 6.39. The molecule has 2 atom stereocenters. The van der Waals surface area contributed by atoms with Gasteiger partial charge in [-0.2, -0.15) is 0 Å². The van der Waals surface area contributed by atoms with Crippen LogP contribution in [0, 0.1) is 10.1 Å². The molecule has 1 aliphatic rings. The Balaban J connectivity index is 2.69. The van der Waals surface area contributed by atoms with Gasteiger partial charge in [-0.3, -0.25) is 10.1 Å². The number of hydrogen-bond acceptors (Lipinski definition) is 8. The Morgan fingerprint density at radius 1 is 1.21 bits per heavy atom. The van der Waals surface area contributed by atoms with Crippen LogP contribution in [0.5, 0.6) is 0 Å². The molecule has 1 heterocycles. The molecule has 1 aromatic carbocycles. The standard InChI is InChI=1S/C19H22N2O7/c1-10(22)9-28-19(24)16-12(3)20-11(2)15(18(23)27-4)17(16)13-7-5-6-8-14(13)21(25)26/h5-8,10,17,20,22H,9H2,1-4H3/t10-,17-/m0/s1. The van der Waals surface area contributed by atoms with E-state index in [0.29, 0.717) is 11.4 Å². The molecule has 1 aromatic rings. The van der Waals surface area contributed by atoms with E-state index in [1.807, 2.05) is 0 Å². The zero-order valence-electron chi connectivity index (χ0n) is 16.0. The highest BCUT2D eigenvalue weighted by Crippen LogP contribution is 2.42. The molecule has 0 unspecified atom stereocenters. The molecular weight excluding hydrogens is 368 g/mol. The number of rotatable bonds is 6. The van der Waals surface area contributed by atoms with Gasteiger partial charge in [0.25, 0.3) is 5.69 Å². The van der Waals surface area contributed by atoms with Crippen LogP contribution in [0.2, 0.25) is 0 Å². The van der Waals surface area contributed by atoms with E-state index in [1.54, 1.807) is 19.9 Å². The first-order valence-electron chi connectivity index (χ1n) is 8.54. The van der Waals surface area contributed by atoms with Crippen molar-refractivity contribution in [2.45, 2.75) is 32.8 Å². The number of nitro benzene ring substituents is 1. The molecule has 1 aliphatic heterocycles. The molecule has 0 aliphatic carbocycles. The van der Waals surface area contributed by atoms with Gasteiger partial charge < -0.3 is 19.9 Å². The van der Waals surface area contributed by atoms with Crippen molar-refractivity contribution in [3.05, 3.63) is 62.5 Å². The summed E-state index contributed by atoms with van der Waals surface area (Å²) in [5.41, 5.74) is 0.852. The fraction of sp³-hybridized carbons (Fsp3) is 0.368. The molecule has 150 valence electrons. The van der Waals surface area contributed by atoms with Crippen molar-refractivity contribution in [3.63, 3.8) is 0 Å². The quantitative estimate of drug-likeness (QED) is 0.428. The monoisotopic (exact) mass is 390 g/mol. The van der Waals surface area contributed by atoms with Crippen molar-refractivity contribution in [3.8, 4) is 0 Å². The van der Waals surface area contributed by atoms with Gasteiger partial charge in [-0.15, -0.1) is 0 Å². The third-order valence-electron chi connectivity index (χ3n) is 4.29. The number of aliphatic hydroxyl groups excluding tert-OH is 1. The van der Waals surface area contributed by atoms with Gasteiger partial charge in [-0.25, -0.2) is 9.59 Å². The van der Waals surface area contributed by atoms with Crippen LogP contribution in [0.1, 0.15) is 32.3 Å². The van der Waals surface area contributed by atoms with Crippen LogP contribution in [-0.4, -0.2) is 41.8 Å². The fourth-order valence-electron chi connectivity index (χ4n) is 3.13. The maximum absolute atomic E-state index is 12.8. The number of methoxy groups -OCH3 is 1. The Hall–Kier alpha value is -3.20. The molecule has 28 heavy (non-hydrogen) atoms. The number of dihydropyridines is 1. The molecule has 9 nitrogen and oxygen atoms in total. The lowest BCUT2D eigenvalue weighted by Crippen LogP contribution is -2.33. The summed E-state index contributed by atoms with van der Waals surface area (Å²) in [6, 6.07) is 5.87. The molecular formula is C19H22N2O7. The minimum atomic E-state index is -1.06. The number of hydrogen-bond donors (Lipinski definition) is 2. The summed E-state index contributed by atoms with van der Waals surface area (Å²) in [7, 11) is 1.19. The number of carbonyl (C=O) groups is 2. The van der Waals surface area contributed by atoms with E-state index in [1.165, 1.54) is 32.2 Å². The maximum atomic E-state index is 12.8. The Kier molecular flexibility index (Phi) is 6.53. The molecule has 0 radical (unpaired) electrons. The summed E-state index contributed by atoms with van der Waals surface area (Å²) in [4.78, 5) is 36.2. The van der Waals surface area contributed by atoms with E-state index in [-0.39, 0.29) is 29.0 Å². The number of para-hydroxylation sites is 1. The van der Waals surface area contributed by atoms with Gasteiger partial charge >= 0.3 is 11.9 Å². The van der Waals surface area contributed by atoms with Crippen molar-refractivity contribution < 1.29 is 29.1 Å². The number of nitrogens with zero attached hydrogens (tertiary/aromatic N) is 1. The molecule has 0 saturated heterocycles. The number of allylic oxidation sites excluding steroid dienone is 2. The van der Waals surface area contributed by atoms with Gasteiger partial charge in [0.15, 0.2) is 0 Å². The molecule has 0 bridgehead atoms. The van der Waals surface area contributed by atoms with E-state index < -0.39 is 28.9 Å². The Labute approximate surface area is 161 Å². The van der Waals surface area contributed by atoms with Crippen molar-refractivity contribution in [2.75, 3.05) is 13.7 Å². The minimum absolute atomic E-state index is 0.0425. The normalized spacial score (nSPS) is 17.7. The highest BCUT2D eigenvalue weighted by Gasteiger charge is 2.40. The molecule has 0 fully saturated rings. The van der Waals surface area contributed by atoms with E-state index in [4.69, 9.17) is 9.47 Å². The number of ether oxygens (including phenoxy) is 2. The molecule has 0 spiro atoms. The zero-order valence-corrected chi connectivity index (χ0v) is 16.0. The summed E-state index contributed by atoms with van der Waals surface area (Å²) in [6.07, 6.45) is -0.886. The van der Waals surface area contributed by atoms with E-state index in [0.717, 1.165) is 0 Å². The van der Waals surface area contributed by atoms with Crippen molar-refractivity contribution in [1.29, 1.82) is 0 Å². The smallest absolute Gasteiger partial charge is 0.336 e. The van der Waals surface area contributed by atoms with E-state index in [2.05, 4.69) is 5.32 Å². The predicted octanol–water partition coefficient (Wildman–Crippen LogP) is 1.93. The van der Waals surface area contributed by atoms with Gasteiger partial charge in [-0.05, 0) is 20.8 Å². The second-order valence-corrected chi connectivity index (χ2v) is 6.39. The lowest BCUT2D eigenvalue weighted by Gasteiger charge is -2.30. The summed E-state index contributed by atoms with van der Waals surface area (Å²) in [5.74, 6) is -2.57. The summed E-state index contributed by atoms with van der Waals surface area (Å²) >= 11 is 0. The SMILES string of the molecule is COC(=O)C1=C(C)NC(C)=C(C(=O)OC[C@H](C)O)[C@H]1c1ccccc1[N+](=O)[O-]. The molecule has 0 aromatic heterocycles. The summed E-state index contributed by atoms with van der Waals surface area (Å²) in [5, 5.41) is 23.9. The Bertz CT molecular complexity index is 871. The van der Waals surface area contributed by atoms with Crippen LogP contribution < -0.4 is 5.32 Å². The van der Waals surface area contributed by atoms with Crippen molar-refractivity contribution >= 4 is 17.6 Å². The van der Waals surface area contributed by atoms with Crippen LogP contribution in [0.15, 0.2) is 46.8 Å². The zero-order chi connectivity index (χ0) is 21.0. The molecule has 2 rings (SSSR count). The maximum Gasteiger partial charge on any atom is 0.336 e. The van der Waals surface area contributed by atoms with Crippen molar-refractivity contribution in [1.82, 2.24) is 5.32 Å². The van der Waals surface area contributed by atoms with Crippen LogP contribution in [-0.2, 0) is 19.1 Å². The third-order valence-corrected chi connectivity index (χ3v) is 4.29. The average molecular weight is 390 g/mol. The summed E-state index contributed by atoms with van der Waals surface area (Å²) in [6.45, 7) is 4.43. The first-order chi connectivity index (χ1) is 13.2. The number of nitro groups is 1. The van der Waals surface area contributed by atoms with Crippen molar-refractivity contribution in [2.24, 2.45) is 0 Å². The van der Waals surface area contributed by atoms with Gasteiger partial charge in [-0.1, -0.05) is 18.2 Å². The molecule has 9 heteroatoms. The Morgan fingerprint density at radius 3 is 2.32 bits per heavy atom. The first kappa shape index (κ1) is 21.1. The lowest BCUT2D eigenvalue weighted by atomic mass is 9.79. The van der Waals surface area contributed by atoms with Gasteiger partial charge in [0, 0.05) is 23.0 Å². The number of esters is 2. The van der Waals surface area contributed by atoms with Crippen LogP contribution in [0.3, 0.4) is 0 Å². The second kappa shape index (κ2) is 8.66. The van der Waals surface area contributed by atoms with Gasteiger partial charge in [0.05, 0.1) is 35.2 Å². The first-order valence-corrected chi connectivity index (χ1v) is 8.54. The van der Waals surface area contributed by atoms with E-state index in [9.17, 15) is 24.8 Å². The van der Waals surface area contributed by atoms with Crippen LogP contribution in [0.25, 0.3) is 0 Å². The number of aliphatic hydroxyl groups is 1. The van der Waals surface area contributed by atoms with Crippen LogP contribution in [0.4, 0.5) is 5.69 Å². The molecule has 0 amide bonds. The highest BCUT2D eigenvalue weighted by molar-refractivity contribution is 6.00. The minimum Gasteiger partial charge on any atom is -0.466 e. The average Bonchev–Trinajstić information content (AvgIpc) is 2.64. The van der Waals surface area contributed by atoms with Gasteiger partial charge in [0.2, 0.25) is 0 Å². The fourth-order valence-corrected chi connectivity index (χ4v) is 3.13.